The predicted molar refractivity (Wildman–Crippen MR) is 106 cm³/mol. The zero-order valence-corrected chi connectivity index (χ0v) is 15.5. The van der Waals surface area contributed by atoms with Crippen molar-refractivity contribution in [3.05, 3.63) is 63.7 Å². The third-order valence-electron chi connectivity index (χ3n) is 3.85. The van der Waals surface area contributed by atoms with Crippen molar-refractivity contribution in [2.24, 2.45) is 5.10 Å². The van der Waals surface area contributed by atoms with Gasteiger partial charge >= 0.3 is 0 Å². The molecule has 3 aromatic rings. The molecule has 1 amide bonds. The topological polar surface area (TPSA) is 110 Å². The van der Waals surface area contributed by atoms with E-state index in [1.165, 1.54) is 23.6 Å². The zero-order chi connectivity index (χ0) is 19.4. The van der Waals surface area contributed by atoms with Gasteiger partial charge in [0.25, 0.3) is 11.6 Å². The molecule has 2 N–H and O–H groups in total. The molecule has 0 aliphatic rings. The summed E-state index contributed by atoms with van der Waals surface area (Å²) in [6.07, 6.45) is 1.37. The molecule has 0 aliphatic heterocycles. The minimum Gasteiger partial charge on any atom is -0.350 e. The lowest BCUT2D eigenvalue weighted by Gasteiger charge is -2.10. The fourth-order valence-corrected chi connectivity index (χ4v) is 3.31. The smallest absolute Gasteiger partial charge is 0.272 e. The quantitative estimate of drug-likeness (QED) is 0.385. The molecule has 1 aromatic heterocycles. The van der Waals surface area contributed by atoms with Crippen LogP contribution in [-0.2, 0) is 4.79 Å². The van der Waals surface area contributed by atoms with E-state index in [1.807, 2.05) is 24.3 Å². The monoisotopic (exact) mass is 383 g/mol. The number of fused-ring (bicyclic) bond motifs is 1. The number of hydrogen-bond donors (Lipinski definition) is 2. The van der Waals surface area contributed by atoms with Crippen LogP contribution in [0.4, 0.5) is 10.8 Å². The van der Waals surface area contributed by atoms with E-state index >= 15 is 0 Å². The second-order valence-electron chi connectivity index (χ2n) is 5.89. The number of amides is 1. The number of nitro groups is 1. The summed E-state index contributed by atoms with van der Waals surface area (Å²) in [7, 11) is 0. The molecule has 0 unspecified atom stereocenters. The van der Waals surface area contributed by atoms with Crippen LogP contribution >= 0.6 is 11.3 Å². The Hall–Kier alpha value is -3.33. The Bertz CT molecular complexity index is 998. The first-order valence-electron chi connectivity index (χ1n) is 8.14. The summed E-state index contributed by atoms with van der Waals surface area (Å²) in [4.78, 5) is 27.1. The molecule has 8 nitrogen and oxygen atoms in total. The Kier molecular flexibility index (Phi) is 5.41. The van der Waals surface area contributed by atoms with Crippen LogP contribution in [0.3, 0.4) is 0 Å². The molecule has 1 heterocycles. The zero-order valence-electron chi connectivity index (χ0n) is 14.7. The number of anilines is 1. The molecule has 0 aliphatic carbocycles. The molecule has 0 spiro atoms. The van der Waals surface area contributed by atoms with Crippen molar-refractivity contribution in [3.8, 4) is 0 Å². The summed E-state index contributed by atoms with van der Waals surface area (Å²) in [5.41, 5.74) is 4.40. The summed E-state index contributed by atoms with van der Waals surface area (Å²) < 4.78 is 1.03. The summed E-state index contributed by atoms with van der Waals surface area (Å²) in [5, 5.41) is 18.5. The molecule has 27 heavy (non-hydrogen) atoms. The van der Waals surface area contributed by atoms with Crippen LogP contribution in [0.5, 0.6) is 0 Å². The maximum atomic E-state index is 12.2. The van der Waals surface area contributed by atoms with Crippen molar-refractivity contribution < 1.29 is 9.72 Å². The highest BCUT2D eigenvalue weighted by Gasteiger charge is 2.14. The standard InChI is InChI=1S/C18H17N5O3S/c1-11-7-8-13(9-15(11)23(25)26)10-19-22-17(24)12(2)20-18-21-14-5-3-4-6-16(14)27-18/h3-10,12H,1-2H3,(H,20,21)(H,22,24)/b19-10-/t12-/m1/s1. The average Bonchev–Trinajstić information content (AvgIpc) is 3.04. The molecule has 0 bridgehead atoms. The second kappa shape index (κ2) is 7.92. The fourth-order valence-electron chi connectivity index (χ4n) is 2.36. The molecular formula is C18H17N5O3S. The van der Waals surface area contributed by atoms with E-state index in [0.29, 0.717) is 16.3 Å². The lowest BCUT2D eigenvalue weighted by molar-refractivity contribution is -0.385. The first-order chi connectivity index (χ1) is 12.9. The highest BCUT2D eigenvalue weighted by atomic mass is 32.1. The number of para-hydroxylation sites is 1. The molecule has 2 aromatic carbocycles. The number of aromatic nitrogens is 1. The Labute approximate surface area is 159 Å². The molecule has 0 saturated heterocycles. The number of benzene rings is 2. The first-order valence-corrected chi connectivity index (χ1v) is 8.96. The fraction of sp³-hybridized carbons (Fsp3) is 0.167. The van der Waals surface area contributed by atoms with Gasteiger partial charge in [0, 0.05) is 17.2 Å². The van der Waals surface area contributed by atoms with Gasteiger partial charge < -0.3 is 5.32 Å². The van der Waals surface area contributed by atoms with Gasteiger partial charge in [0.05, 0.1) is 21.4 Å². The second-order valence-corrected chi connectivity index (χ2v) is 6.92. The minimum absolute atomic E-state index is 0.0103. The number of nitro benzene ring substituents is 1. The van der Waals surface area contributed by atoms with E-state index in [1.54, 1.807) is 26.0 Å². The largest absolute Gasteiger partial charge is 0.350 e. The number of carbonyl (C=O) groups is 1. The number of thiazole rings is 1. The van der Waals surface area contributed by atoms with E-state index in [0.717, 1.165) is 10.2 Å². The normalized spacial score (nSPS) is 12.2. The lowest BCUT2D eigenvalue weighted by Crippen LogP contribution is -2.34. The molecule has 1 atom stereocenters. The van der Waals surface area contributed by atoms with E-state index in [9.17, 15) is 14.9 Å². The molecule has 138 valence electrons. The van der Waals surface area contributed by atoms with E-state index in [2.05, 4.69) is 20.8 Å². The minimum atomic E-state index is -0.546. The van der Waals surface area contributed by atoms with Gasteiger partial charge in [-0.15, -0.1) is 0 Å². The van der Waals surface area contributed by atoms with Crippen LogP contribution in [0, 0.1) is 17.0 Å². The average molecular weight is 383 g/mol. The number of rotatable bonds is 6. The molecule has 9 heteroatoms. The van der Waals surface area contributed by atoms with Crippen molar-refractivity contribution >= 4 is 44.5 Å². The number of aryl methyl sites for hydroxylation is 1. The van der Waals surface area contributed by atoms with Gasteiger partial charge in [-0.25, -0.2) is 10.4 Å². The van der Waals surface area contributed by atoms with Crippen molar-refractivity contribution in [1.29, 1.82) is 0 Å². The van der Waals surface area contributed by atoms with Gasteiger partial charge in [0.1, 0.15) is 6.04 Å². The van der Waals surface area contributed by atoms with Gasteiger partial charge in [-0.05, 0) is 26.0 Å². The van der Waals surface area contributed by atoms with Gasteiger partial charge in [-0.3, -0.25) is 14.9 Å². The summed E-state index contributed by atoms with van der Waals surface area (Å²) in [6.45, 7) is 3.36. The Morgan fingerprint density at radius 2 is 2.11 bits per heavy atom. The lowest BCUT2D eigenvalue weighted by atomic mass is 10.1. The molecule has 0 fully saturated rings. The Morgan fingerprint density at radius 1 is 1.33 bits per heavy atom. The van der Waals surface area contributed by atoms with Crippen molar-refractivity contribution in [1.82, 2.24) is 10.4 Å². The number of hydrogen-bond acceptors (Lipinski definition) is 7. The van der Waals surface area contributed by atoms with Crippen molar-refractivity contribution in [3.63, 3.8) is 0 Å². The number of hydrazone groups is 1. The van der Waals surface area contributed by atoms with Crippen LogP contribution in [-0.4, -0.2) is 28.1 Å². The van der Waals surface area contributed by atoms with Crippen molar-refractivity contribution in [2.45, 2.75) is 19.9 Å². The maximum Gasteiger partial charge on any atom is 0.272 e. The summed E-state index contributed by atoms with van der Waals surface area (Å²) >= 11 is 1.46. The van der Waals surface area contributed by atoms with E-state index in [4.69, 9.17) is 0 Å². The van der Waals surface area contributed by atoms with Gasteiger partial charge in [0.2, 0.25) is 0 Å². The molecule has 0 saturated carbocycles. The summed E-state index contributed by atoms with van der Waals surface area (Å²) in [5.74, 6) is -0.341. The SMILES string of the molecule is Cc1ccc(/C=N\NC(=O)[C@@H](C)Nc2nc3ccccc3s2)cc1[N+](=O)[O-]. The summed E-state index contributed by atoms with van der Waals surface area (Å²) in [6, 6.07) is 11.9. The van der Waals surface area contributed by atoms with E-state index in [-0.39, 0.29) is 11.6 Å². The first kappa shape index (κ1) is 18.5. The number of nitrogens with zero attached hydrogens (tertiary/aromatic N) is 3. The highest BCUT2D eigenvalue weighted by molar-refractivity contribution is 7.22. The number of carbonyl (C=O) groups excluding carboxylic acids is 1. The van der Waals surface area contributed by atoms with Crippen LogP contribution in [0.1, 0.15) is 18.1 Å². The van der Waals surface area contributed by atoms with Crippen LogP contribution in [0.2, 0.25) is 0 Å². The van der Waals surface area contributed by atoms with Crippen LogP contribution < -0.4 is 10.7 Å². The molecular weight excluding hydrogens is 366 g/mol. The van der Waals surface area contributed by atoms with Crippen molar-refractivity contribution in [2.75, 3.05) is 5.32 Å². The highest BCUT2D eigenvalue weighted by Crippen LogP contribution is 2.25. The third kappa shape index (κ3) is 4.45. The molecule has 3 rings (SSSR count). The van der Waals surface area contributed by atoms with Crippen LogP contribution in [0.25, 0.3) is 10.2 Å². The van der Waals surface area contributed by atoms with E-state index < -0.39 is 11.0 Å². The third-order valence-corrected chi connectivity index (χ3v) is 4.81. The van der Waals surface area contributed by atoms with Gasteiger partial charge in [-0.1, -0.05) is 35.6 Å². The Balaban J connectivity index is 1.60. The molecule has 0 radical (unpaired) electrons. The van der Waals surface area contributed by atoms with Crippen LogP contribution in [0.15, 0.2) is 47.6 Å². The predicted octanol–water partition coefficient (Wildman–Crippen LogP) is 3.46. The Morgan fingerprint density at radius 3 is 2.85 bits per heavy atom. The van der Waals surface area contributed by atoms with Gasteiger partial charge in [0.15, 0.2) is 5.13 Å². The maximum absolute atomic E-state index is 12.2. The number of nitrogens with one attached hydrogen (secondary N) is 2. The van der Waals surface area contributed by atoms with Gasteiger partial charge in [-0.2, -0.15) is 5.10 Å².